The molecule has 0 aliphatic carbocycles. The molecule has 2 heterocycles. The number of ether oxygens (including phenoxy) is 2. The van der Waals surface area contributed by atoms with Crippen molar-refractivity contribution >= 4 is 0 Å². The highest BCUT2D eigenvalue weighted by Gasteiger charge is 2.32. The van der Waals surface area contributed by atoms with Gasteiger partial charge < -0.3 is 9.47 Å². The van der Waals surface area contributed by atoms with Crippen LogP contribution >= 0.6 is 0 Å². The molecule has 0 radical (unpaired) electrons. The van der Waals surface area contributed by atoms with E-state index in [1.54, 1.807) is 0 Å². The van der Waals surface area contributed by atoms with Crippen molar-refractivity contribution in [3.8, 4) is 34.3 Å². The van der Waals surface area contributed by atoms with E-state index in [1.807, 2.05) is 0 Å². The first-order chi connectivity index (χ1) is 16.0. The lowest BCUT2D eigenvalue weighted by atomic mass is 10.2. The van der Waals surface area contributed by atoms with Gasteiger partial charge >= 0.3 is 12.7 Å². The molecule has 0 aliphatic heterocycles. The molecule has 0 saturated carbocycles. The van der Waals surface area contributed by atoms with Gasteiger partial charge in [-0.25, -0.2) is 9.36 Å². The first-order valence-corrected chi connectivity index (χ1v) is 9.35. The summed E-state index contributed by atoms with van der Waals surface area (Å²) in [5.74, 6) is -0.914. The van der Waals surface area contributed by atoms with E-state index in [2.05, 4.69) is 19.7 Å². The molecule has 0 aliphatic rings. The van der Waals surface area contributed by atoms with Crippen molar-refractivity contribution in [3.63, 3.8) is 0 Å². The summed E-state index contributed by atoms with van der Waals surface area (Å²) in [6.45, 7) is 0. The van der Waals surface area contributed by atoms with Crippen molar-refractivity contribution in [1.82, 2.24) is 19.6 Å². The van der Waals surface area contributed by atoms with E-state index in [4.69, 9.17) is 0 Å². The summed E-state index contributed by atoms with van der Waals surface area (Å²) >= 11 is 0. The molecular weight excluding hydrogens is 470 g/mol. The minimum atomic E-state index is -4.89. The summed E-state index contributed by atoms with van der Waals surface area (Å²) in [6, 6.07) is 12.4. The molecule has 7 nitrogen and oxygen atoms in total. The van der Waals surface area contributed by atoms with Crippen LogP contribution in [-0.2, 0) is 0 Å². The van der Waals surface area contributed by atoms with Gasteiger partial charge in [-0.1, -0.05) is 6.07 Å². The topological polar surface area (TPSA) is 71.2 Å². The largest absolute Gasteiger partial charge is 0.573 e. The molecule has 0 spiro atoms. The molecular formula is C21H12F6N4O3. The third kappa shape index (κ3) is 5.36. The standard InChI is InChI=1S/C21H12F6N4O3/c22-20(23,24)33-15-6-4-13(5-7-15)30-11-9-18(32)19(29-30)17-8-10-28-31(17)14-2-1-3-16(12-14)34-21(25,26)27/h1-12H. The molecule has 2 aromatic heterocycles. The van der Waals surface area contributed by atoms with E-state index in [9.17, 15) is 31.1 Å². The second-order valence-electron chi connectivity index (χ2n) is 6.69. The Bertz CT molecular complexity index is 1360. The smallest absolute Gasteiger partial charge is 0.406 e. The monoisotopic (exact) mass is 482 g/mol. The van der Waals surface area contributed by atoms with Crippen LogP contribution in [0.4, 0.5) is 26.3 Å². The van der Waals surface area contributed by atoms with Crippen LogP contribution in [0.2, 0.25) is 0 Å². The predicted molar refractivity (Wildman–Crippen MR) is 106 cm³/mol. The molecule has 2 aromatic carbocycles. The Morgan fingerprint density at radius 2 is 1.44 bits per heavy atom. The molecule has 0 bridgehead atoms. The normalized spacial score (nSPS) is 11.9. The van der Waals surface area contributed by atoms with Gasteiger partial charge in [0.2, 0.25) is 5.43 Å². The highest BCUT2D eigenvalue weighted by atomic mass is 19.4. The first kappa shape index (κ1) is 22.9. The number of rotatable bonds is 5. The van der Waals surface area contributed by atoms with Crippen LogP contribution in [-0.4, -0.2) is 32.3 Å². The summed E-state index contributed by atoms with van der Waals surface area (Å²) in [4.78, 5) is 12.5. The van der Waals surface area contributed by atoms with Gasteiger partial charge in [0.1, 0.15) is 11.5 Å². The van der Waals surface area contributed by atoms with Crippen molar-refractivity contribution in [2.75, 3.05) is 0 Å². The molecule has 4 aromatic rings. The molecule has 4 rings (SSSR count). The lowest BCUT2D eigenvalue weighted by Crippen LogP contribution is -2.17. The average Bonchev–Trinajstić information content (AvgIpc) is 3.22. The van der Waals surface area contributed by atoms with Gasteiger partial charge in [-0.15, -0.1) is 26.3 Å². The Balaban J connectivity index is 1.69. The highest BCUT2D eigenvalue weighted by Crippen LogP contribution is 2.27. The summed E-state index contributed by atoms with van der Waals surface area (Å²) in [7, 11) is 0. The summed E-state index contributed by atoms with van der Waals surface area (Å²) in [5, 5.41) is 8.28. The van der Waals surface area contributed by atoms with Crippen LogP contribution in [0.3, 0.4) is 0 Å². The SMILES string of the molecule is O=c1ccn(-c2ccc(OC(F)(F)F)cc2)nc1-c1ccnn1-c1cccc(OC(F)(F)F)c1. The van der Waals surface area contributed by atoms with Gasteiger partial charge in [0.25, 0.3) is 0 Å². The van der Waals surface area contributed by atoms with E-state index < -0.39 is 29.7 Å². The first-order valence-electron chi connectivity index (χ1n) is 9.35. The van der Waals surface area contributed by atoms with E-state index in [0.717, 1.165) is 24.3 Å². The van der Waals surface area contributed by atoms with E-state index >= 15 is 0 Å². The number of halogens is 6. The van der Waals surface area contributed by atoms with Crippen LogP contribution < -0.4 is 14.9 Å². The number of nitrogens with zero attached hydrogens (tertiary/aromatic N) is 4. The quantitative estimate of drug-likeness (QED) is 0.379. The number of benzene rings is 2. The van der Waals surface area contributed by atoms with Crippen LogP contribution in [0.1, 0.15) is 0 Å². The molecule has 0 unspecified atom stereocenters. The summed E-state index contributed by atoms with van der Waals surface area (Å²) in [6.07, 6.45) is -7.09. The van der Waals surface area contributed by atoms with E-state index in [-0.39, 0.29) is 17.1 Å². The molecule has 13 heteroatoms. The fourth-order valence-electron chi connectivity index (χ4n) is 3.03. The molecule has 0 fully saturated rings. The van der Waals surface area contributed by atoms with Crippen LogP contribution in [0.25, 0.3) is 22.8 Å². The molecule has 34 heavy (non-hydrogen) atoms. The Hall–Kier alpha value is -4.29. The number of aromatic nitrogens is 4. The van der Waals surface area contributed by atoms with Gasteiger partial charge in [0.15, 0.2) is 5.69 Å². The zero-order valence-electron chi connectivity index (χ0n) is 16.7. The molecule has 0 amide bonds. The molecule has 0 N–H and O–H groups in total. The van der Waals surface area contributed by atoms with Gasteiger partial charge in [-0.3, -0.25) is 4.79 Å². The van der Waals surface area contributed by atoms with E-state index in [1.165, 1.54) is 58.2 Å². The lowest BCUT2D eigenvalue weighted by molar-refractivity contribution is -0.275. The Kier molecular flexibility index (Phi) is 5.77. The molecule has 0 atom stereocenters. The Morgan fingerprint density at radius 3 is 2.12 bits per heavy atom. The van der Waals surface area contributed by atoms with E-state index in [0.29, 0.717) is 5.69 Å². The molecule has 176 valence electrons. The van der Waals surface area contributed by atoms with Crippen LogP contribution in [0.15, 0.2) is 77.9 Å². The zero-order chi connectivity index (χ0) is 24.5. The highest BCUT2D eigenvalue weighted by molar-refractivity contribution is 5.58. The summed E-state index contributed by atoms with van der Waals surface area (Å²) < 4.78 is 85.0. The number of alkyl halides is 6. The number of hydrogen-bond donors (Lipinski definition) is 0. The van der Waals surface area contributed by atoms with Crippen molar-refractivity contribution in [3.05, 3.63) is 83.3 Å². The third-order valence-corrected chi connectivity index (χ3v) is 4.32. The minimum Gasteiger partial charge on any atom is -0.406 e. The summed E-state index contributed by atoms with van der Waals surface area (Å²) in [5.41, 5.74) is 0.0467. The Labute approximate surface area is 186 Å². The zero-order valence-corrected chi connectivity index (χ0v) is 16.7. The minimum absolute atomic E-state index is 0.0993. The van der Waals surface area contributed by atoms with Gasteiger partial charge in [-0.2, -0.15) is 10.2 Å². The fourth-order valence-corrected chi connectivity index (χ4v) is 3.03. The van der Waals surface area contributed by atoms with Crippen molar-refractivity contribution in [2.45, 2.75) is 12.7 Å². The maximum absolute atomic E-state index is 12.6. The maximum atomic E-state index is 12.6. The van der Waals surface area contributed by atoms with Crippen molar-refractivity contribution in [1.29, 1.82) is 0 Å². The van der Waals surface area contributed by atoms with Crippen molar-refractivity contribution < 1.29 is 35.8 Å². The molecule has 0 saturated heterocycles. The van der Waals surface area contributed by atoms with Crippen molar-refractivity contribution in [2.24, 2.45) is 0 Å². The van der Waals surface area contributed by atoms with Gasteiger partial charge in [0.05, 0.1) is 23.3 Å². The van der Waals surface area contributed by atoms with Crippen LogP contribution in [0, 0.1) is 0 Å². The third-order valence-electron chi connectivity index (χ3n) is 4.32. The second-order valence-corrected chi connectivity index (χ2v) is 6.69. The average molecular weight is 482 g/mol. The van der Waals surface area contributed by atoms with Crippen LogP contribution in [0.5, 0.6) is 11.5 Å². The second kappa shape index (κ2) is 8.57. The predicted octanol–water partition coefficient (Wildman–Crippen LogP) is 4.88. The lowest BCUT2D eigenvalue weighted by Gasteiger charge is -2.12. The Morgan fingerprint density at radius 1 is 0.765 bits per heavy atom. The van der Waals surface area contributed by atoms with Gasteiger partial charge in [-0.05, 0) is 42.5 Å². The number of hydrogen-bond acceptors (Lipinski definition) is 5. The fraction of sp³-hybridized carbons (Fsp3) is 0.0952. The maximum Gasteiger partial charge on any atom is 0.573 e. The van der Waals surface area contributed by atoms with Gasteiger partial charge in [0, 0.05) is 18.3 Å².